The summed E-state index contributed by atoms with van der Waals surface area (Å²) in [5.74, 6) is 1.88. The maximum atomic E-state index is 5.87. The Bertz CT molecular complexity index is 573. The van der Waals surface area contributed by atoms with Gasteiger partial charge < -0.3 is 19.9 Å². The van der Waals surface area contributed by atoms with Crippen LogP contribution in [0, 0.1) is 6.92 Å². The highest BCUT2D eigenvalue weighted by Crippen LogP contribution is 2.38. The number of hydrogen-bond acceptors (Lipinski definition) is 6. The number of ether oxygens (including phenoxy) is 3. The van der Waals surface area contributed by atoms with E-state index in [2.05, 4.69) is 4.98 Å². The Morgan fingerprint density at radius 1 is 1.19 bits per heavy atom. The lowest BCUT2D eigenvalue weighted by atomic mass is 10.2. The summed E-state index contributed by atoms with van der Waals surface area (Å²) >= 11 is 1.64. The Balaban J connectivity index is 2.13. The standard InChI is InChI=1S/C15H20N2O3S/c1-10-14(21-9-17-10)4-5-20-15-12(18-2)6-11(8-16)7-13(15)19-3/h6-7,9H,4-5,8,16H2,1-3H3. The Morgan fingerprint density at radius 2 is 1.86 bits per heavy atom. The fourth-order valence-electron chi connectivity index (χ4n) is 2.01. The third kappa shape index (κ3) is 3.65. The van der Waals surface area contributed by atoms with Gasteiger partial charge in [-0.3, -0.25) is 0 Å². The van der Waals surface area contributed by atoms with Crippen molar-refractivity contribution in [1.82, 2.24) is 4.98 Å². The summed E-state index contributed by atoms with van der Waals surface area (Å²) in [7, 11) is 3.21. The summed E-state index contributed by atoms with van der Waals surface area (Å²) in [5.41, 5.74) is 9.52. The normalized spacial score (nSPS) is 10.5. The molecule has 0 spiro atoms. The van der Waals surface area contributed by atoms with E-state index in [0.29, 0.717) is 30.4 Å². The van der Waals surface area contributed by atoms with Gasteiger partial charge in [0.15, 0.2) is 11.5 Å². The van der Waals surface area contributed by atoms with Crippen LogP contribution in [0.3, 0.4) is 0 Å². The van der Waals surface area contributed by atoms with Crippen LogP contribution in [0.2, 0.25) is 0 Å². The van der Waals surface area contributed by atoms with E-state index in [-0.39, 0.29) is 0 Å². The molecule has 1 aromatic heterocycles. The molecule has 1 aromatic carbocycles. The highest BCUT2D eigenvalue weighted by atomic mass is 32.1. The zero-order chi connectivity index (χ0) is 15.2. The van der Waals surface area contributed by atoms with Crippen molar-refractivity contribution >= 4 is 11.3 Å². The van der Waals surface area contributed by atoms with Gasteiger partial charge in [0.1, 0.15) is 0 Å². The number of rotatable bonds is 7. The third-order valence-corrected chi connectivity index (χ3v) is 4.17. The number of benzene rings is 1. The van der Waals surface area contributed by atoms with Gasteiger partial charge in [0.25, 0.3) is 0 Å². The van der Waals surface area contributed by atoms with E-state index < -0.39 is 0 Å². The lowest BCUT2D eigenvalue weighted by Gasteiger charge is -2.15. The van der Waals surface area contributed by atoms with E-state index in [1.165, 1.54) is 4.88 Å². The van der Waals surface area contributed by atoms with Crippen LogP contribution in [0.4, 0.5) is 0 Å². The molecule has 0 saturated carbocycles. The highest BCUT2D eigenvalue weighted by molar-refractivity contribution is 7.09. The van der Waals surface area contributed by atoms with Crippen LogP contribution in [0.5, 0.6) is 17.2 Å². The van der Waals surface area contributed by atoms with Gasteiger partial charge >= 0.3 is 0 Å². The lowest BCUT2D eigenvalue weighted by Crippen LogP contribution is -2.06. The van der Waals surface area contributed by atoms with E-state index in [0.717, 1.165) is 17.7 Å². The number of aryl methyl sites for hydroxylation is 1. The summed E-state index contributed by atoms with van der Waals surface area (Å²) in [5, 5.41) is 0. The molecular weight excluding hydrogens is 288 g/mol. The molecule has 114 valence electrons. The topological polar surface area (TPSA) is 66.6 Å². The second-order valence-corrected chi connectivity index (χ2v) is 5.43. The maximum absolute atomic E-state index is 5.87. The molecule has 2 rings (SSSR count). The number of nitrogens with zero attached hydrogens (tertiary/aromatic N) is 1. The van der Waals surface area contributed by atoms with Crippen molar-refractivity contribution in [3.63, 3.8) is 0 Å². The van der Waals surface area contributed by atoms with Crippen LogP contribution in [-0.4, -0.2) is 25.8 Å². The molecule has 6 heteroatoms. The summed E-state index contributed by atoms with van der Waals surface area (Å²) in [4.78, 5) is 5.46. The first-order valence-corrected chi connectivity index (χ1v) is 7.54. The fraction of sp³-hybridized carbons (Fsp3) is 0.400. The second kappa shape index (κ2) is 7.28. The summed E-state index contributed by atoms with van der Waals surface area (Å²) in [6.45, 7) is 2.97. The van der Waals surface area contributed by atoms with Crippen LogP contribution in [0.15, 0.2) is 17.6 Å². The minimum atomic E-state index is 0.424. The van der Waals surface area contributed by atoms with Gasteiger partial charge in [-0.1, -0.05) is 0 Å². The summed E-state index contributed by atoms with van der Waals surface area (Å²) in [6.07, 6.45) is 0.807. The first-order chi connectivity index (χ1) is 10.2. The van der Waals surface area contributed by atoms with E-state index in [1.807, 2.05) is 24.6 Å². The molecule has 0 unspecified atom stereocenters. The molecule has 1 heterocycles. The third-order valence-electron chi connectivity index (χ3n) is 3.18. The molecule has 21 heavy (non-hydrogen) atoms. The zero-order valence-corrected chi connectivity index (χ0v) is 13.3. The van der Waals surface area contributed by atoms with Crippen LogP contribution in [-0.2, 0) is 13.0 Å². The average molecular weight is 308 g/mol. The van der Waals surface area contributed by atoms with Gasteiger partial charge in [-0.05, 0) is 24.6 Å². The van der Waals surface area contributed by atoms with E-state index in [9.17, 15) is 0 Å². The molecule has 0 radical (unpaired) electrons. The van der Waals surface area contributed by atoms with Crippen molar-refractivity contribution < 1.29 is 14.2 Å². The molecular formula is C15H20N2O3S. The van der Waals surface area contributed by atoms with Crippen LogP contribution < -0.4 is 19.9 Å². The van der Waals surface area contributed by atoms with Crippen LogP contribution in [0.25, 0.3) is 0 Å². The zero-order valence-electron chi connectivity index (χ0n) is 12.5. The van der Waals surface area contributed by atoms with Crippen molar-refractivity contribution in [3.8, 4) is 17.2 Å². The van der Waals surface area contributed by atoms with Crippen LogP contribution in [0.1, 0.15) is 16.1 Å². The average Bonchev–Trinajstić information content (AvgIpc) is 2.92. The molecule has 0 aliphatic heterocycles. The van der Waals surface area contributed by atoms with Crippen molar-refractivity contribution in [3.05, 3.63) is 33.8 Å². The van der Waals surface area contributed by atoms with Gasteiger partial charge in [-0.15, -0.1) is 11.3 Å². The fourth-order valence-corrected chi connectivity index (χ4v) is 2.77. The lowest BCUT2D eigenvalue weighted by molar-refractivity contribution is 0.277. The smallest absolute Gasteiger partial charge is 0.203 e. The van der Waals surface area contributed by atoms with Crippen molar-refractivity contribution in [2.75, 3.05) is 20.8 Å². The van der Waals surface area contributed by atoms with Crippen molar-refractivity contribution in [2.45, 2.75) is 19.9 Å². The van der Waals surface area contributed by atoms with Gasteiger partial charge in [0.05, 0.1) is 32.0 Å². The van der Waals surface area contributed by atoms with Gasteiger partial charge in [0, 0.05) is 17.8 Å². The highest BCUT2D eigenvalue weighted by Gasteiger charge is 2.14. The summed E-state index contributed by atoms with van der Waals surface area (Å²) in [6, 6.07) is 3.74. The molecule has 0 aliphatic rings. The molecule has 0 atom stereocenters. The minimum Gasteiger partial charge on any atom is -0.493 e. The number of aromatic nitrogens is 1. The Kier molecular flexibility index (Phi) is 5.41. The molecule has 5 nitrogen and oxygen atoms in total. The van der Waals surface area contributed by atoms with Gasteiger partial charge in [0.2, 0.25) is 5.75 Å². The van der Waals surface area contributed by atoms with Crippen LogP contribution >= 0.6 is 11.3 Å². The molecule has 2 aromatic rings. The number of methoxy groups -OCH3 is 2. The SMILES string of the molecule is COc1cc(CN)cc(OC)c1OCCc1scnc1C. The first-order valence-electron chi connectivity index (χ1n) is 6.66. The number of hydrogen-bond donors (Lipinski definition) is 1. The monoisotopic (exact) mass is 308 g/mol. The first kappa shape index (κ1) is 15.6. The van der Waals surface area contributed by atoms with E-state index in [4.69, 9.17) is 19.9 Å². The van der Waals surface area contributed by atoms with Gasteiger partial charge in [-0.2, -0.15) is 0 Å². The Hall–Kier alpha value is -1.79. The quantitative estimate of drug-likeness (QED) is 0.851. The maximum Gasteiger partial charge on any atom is 0.203 e. The minimum absolute atomic E-state index is 0.424. The molecule has 0 saturated heterocycles. The molecule has 0 fully saturated rings. The van der Waals surface area contributed by atoms with Crippen molar-refractivity contribution in [1.29, 1.82) is 0 Å². The van der Waals surface area contributed by atoms with E-state index >= 15 is 0 Å². The van der Waals surface area contributed by atoms with Gasteiger partial charge in [-0.25, -0.2) is 4.98 Å². The Labute approximate surface area is 128 Å². The second-order valence-electron chi connectivity index (χ2n) is 4.49. The molecule has 0 amide bonds. The molecule has 0 bridgehead atoms. The summed E-state index contributed by atoms with van der Waals surface area (Å²) < 4.78 is 16.6. The predicted octanol–water partition coefficient (Wildman–Crippen LogP) is 2.55. The van der Waals surface area contributed by atoms with E-state index in [1.54, 1.807) is 25.6 Å². The molecule has 0 aliphatic carbocycles. The van der Waals surface area contributed by atoms with Crippen molar-refractivity contribution in [2.24, 2.45) is 5.73 Å². The predicted molar refractivity (Wildman–Crippen MR) is 83.5 cm³/mol. The molecule has 2 N–H and O–H groups in total. The Morgan fingerprint density at radius 3 is 2.33 bits per heavy atom. The number of nitrogens with two attached hydrogens (primary N) is 1. The largest absolute Gasteiger partial charge is 0.493 e. The number of thiazole rings is 1.